The molecule has 1 heterocycles. The first kappa shape index (κ1) is 16.3. The summed E-state index contributed by atoms with van der Waals surface area (Å²) in [5, 5.41) is 2.19. The number of hydrazine groups is 1. The smallest absolute Gasteiger partial charge is 0.119 e. The fourth-order valence-electron chi connectivity index (χ4n) is 3.17. The van der Waals surface area contributed by atoms with Crippen molar-refractivity contribution in [3.05, 3.63) is 108 Å². The van der Waals surface area contributed by atoms with Gasteiger partial charge in [-0.3, -0.25) is 5.01 Å². The van der Waals surface area contributed by atoms with Crippen LogP contribution in [0, 0.1) is 0 Å². The lowest BCUT2D eigenvalue weighted by atomic mass is 10.1. The average molecular weight is 342 g/mol. The van der Waals surface area contributed by atoms with Crippen LogP contribution >= 0.6 is 0 Å². The van der Waals surface area contributed by atoms with E-state index in [2.05, 4.69) is 72.0 Å². The molecule has 3 aromatic rings. The van der Waals surface area contributed by atoms with Crippen molar-refractivity contribution in [2.75, 3.05) is 5.01 Å². The van der Waals surface area contributed by atoms with Crippen LogP contribution in [-0.4, -0.2) is 0 Å². The number of allylic oxidation sites excluding steroid dienone is 1. The fourth-order valence-corrected chi connectivity index (χ4v) is 3.17. The van der Waals surface area contributed by atoms with Gasteiger partial charge in [0.2, 0.25) is 0 Å². The zero-order chi connectivity index (χ0) is 17.8. The Morgan fingerprint density at radius 3 is 2.19 bits per heavy atom. The molecule has 1 atom stereocenters. The van der Waals surface area contributed by atoms with Gasteiger partial charge in [-0.25, -0.2) is 0 Å². The van der Waals surface area contributed by atoms with Gasteiger partial charge in [0.25, 0.3) is 0 Å². The van der Waals surface area contributed by atoms with E-state index in [-0.39, 0.29) is 6.04 Å². The Bertz CT molecular complexity index is 873. The number of para-hydroxylation sites is 1. The Hall–Kier alpha value is -3.20. The molecule has 1 aliphatic rings. The molecule has 0 aromatic heterocycles. The molecule has 0 unspecified atom stereocenters. The quantitative estimate of drug-likeness (QED) is 0.686. The summed E-state index contributed by atoms with van der Waals surface area (Å²) in [7, 11) is 0. The van der Waals surface area contributed by atoms with E-state index in [4.69, 9.17) is 4.74 Å². The van der Waals surface area contributed by atoms with Gasteiger partial charge in [-0.15, -0.1) is 0 Å². The van der Waals surface area contributed by atoms with E-state index < -0.39 is 0 Å². The Labute approximate surface area is 154 Å². The number of hydrogen-bond acceptors (Lipinski definition) is 3. The SMILES string of the molecule is CC1=C[C@H](c2ccc(OCc3ccccc3)cc2)N(c2ccccc2)N1. The molecule has 0 bridgehead atoms. The lowest BCUT2D eigenvalue weighted by Crippen LogP contribution is -2.33. The second-order valence-corrected chi connectivity index (χ2v) is 6.46. The first-order chi connectivity index (χ1) is 12.8. The molecule has 0 fully saturated rings. The van der Waals surface area contributed by atoms with E-state index in [9.17, 15) is 0 Å². The number of anilines is 1. The number of nitrogens with zero attached hydrogens (tertiary/aromatic N) is 1. The van der Waals surface area contributed by atoms with Crippen molar-refractivity contribution in [1.29, 1.82) is 0 Å². The van der Waals surface area contributed by atoms with Gasteiger partial charge in [0, 0.05) is 5.70 Å². The predicted molar refractivity (Wildman–Crippen MR) is 106 cm³/mol. The van der Waals surface area contributed by atoms with Gasteiger partial charge in [0.05, 0.1) is 11.7 Å². The van der Waals surface area contributed by atoms with Crippen molar-refractivity contribution < 1.29 is 4.74 Å². The monoisotopic (exact) mass is 342 g/mol. The van der Waals surface area contributed by atoms with Crippen molar-refractivity contribution in [3.8, 4) is 5.75 Å². The van der Waals surface area contributed by atoms with E-state index in [1.807, 2.05) is 36.4 Å². The van der Waals surface area contributed by atoms with Gasteiger partial charge in [-0.1, -0.05) is 60.7 Å². The summed E-state index contributed by atoms with van der Waals surface area (Å²) < 4.78 is 5.90. The van der Waals surface area contributed by atoms with Crippen LogP contribution in [0.15, 0.2) is 96.7 Å². The summed E-state index contributed by atoms with van der Waals surface area (Å²) in [5.74, 6) is 0.885. The number of nitrogens with one attached hydrogen (secondary N) is 1. The van der Waals surface area contributed by atoms with Crippen molar-refractivity contribution in [2.45, 2.75) is 19.6 Å². The van der Waals surface area contributed by atoms with Crippen molar-refractivity contribution >= 4 is 5.69 Å². The van der Waals surface area contributed by atoms with Gasteiger partial charge in [0.1, 0.15) is 12.4 Å². The minimum absolute atomic E-state index is 0.167. The molecule has 1 aliphatic heterocycles. The zero-order valence-electron chi connectivity index (χ0n) is 14.8. The van der Waals surface area contributed by atoms with Gasteiger partial charge < -0.3 is 10.2 Å². The minimum atomic E-state index is 0.167. The second-order valence-electron chi connectivity index (χ2n) is 6.46. The standard InChI is InChI=1S/C23H22N2O/c1-18-16-23(25(24-18)21-10-6-3-7-11-21)20-12-14-22(15-13-20)26-17-19-8-4-2-5-9-19/h2-16,23-24H,17H2,1H3/t23-/m1/s1. The topological polar surface area (TPSA) is 24.5 Å². The lowest BCUT2D eigenvalue weighted by molar-refractivity contribution is 0.306. The highest BCUT2D eigenvalue weighted by Crippen LogP contribution is 2.32. The molecule has 3 heteroatoms. The Morgan fingerprint density at radius 1 is 0.846 bits per heavy atom. The summed E-state index contributed by atoms with van der Waals surface area (Å²) in [6, 6.07) is 29.1. The molecular formula is C23H22N2O. The third-order valence-corrected chi connectivity index (χ3v) is 4.49. The van der Waals surface area contributed by atoms with Crippen LogP contribution in [0.25, 0.3) is 0 Å². The van der Waals surface area contributed by atoms with E-state index >= 15 is 0 Å². The van der Waals surface area contributed by atoms with Crippen molar-refractivity contribution in [3.63, 3.8) is 0 Å². The molecule has 0 spiro atoms. The molecule has 26 heavy (non-hydrogen) atoms. The normalized spacial score (nSPS) is 16.1. The van der Waals surface area contributed by atoms with Crippen LogP contribution in [0.3, 0.4) is 0 Å². The van der Waals surface area contributed by atoms with Crippen LogP contribution < -0.4 is 15.2 Å². The summed E-state index contributed by atoms with van der Waals surface area (Å²) in [4.78, 5) is 0. The molecule has 1 N–H and O–H groups in total. The summed E-state index contributed by atoms with van der Waals surface area (Å²) in [6.07, 6.45) is 2.24. The number of hydrogen-bond donors (Lipinski definition) is 1. The predicted octanol–water partition coefficient (Wildman–Crippen LogP) is 5.24. The van der Waals surface area contributed by atoms with Gasteiger partial charge in [-0.05, 0) is 48.4 Å². The van der Waals surface area contributed by atoms with E-state index in [1.165, 1.54) is 11.1 Å². The largest absolute Gasteiger partial charge is 0.489 e. The molecule has 3 nitrogen and oxygen atoms in total. The van der Waals surface area contributed by atoms with Gasteiger partial charge in [-0.2, -0.15) is 0 Å². The molecule has 0 saturated heterocycles. The Balaban J connectivity index is 1.48. The molecule has 0 amide bonds. The maximum absolute atomic E-state index is 5.90. The first-order valence-electron chi connectivity index (χ1n) is 8.86. The average Bonchev–Trinajstić information content (AvgIpc) is 3.10. The van der Waals surface area contributed by atoms with E-state index in [1.54, 1.807) is 0 Å². The maximum atomic E-state index is 5.90. The van der Waals surface area contributed by atoms with E-state index in [0.29, 0.717) is 6.61 Å². The zero-order valence-corrected chi connectivity index (χ0v) is 14.8. The van der Waals surface area contributed by atoms with Gasteiger partial charge in [0.15, 0.2) is 0 Å². The summed E-state index contributed by atoms with van der Waals surface area (Å²) in [6.45, 7) is 2.67. The third-order valence-electron chi connectivity index (χ3n) is 4.49. The fraction of sp³-hybridized carbons (Fsp3) is 0.130. The van der Waals surface area contributed by atoms with Gasteiger partial charge >= 0.3 is 0 Å². The van der Waals surface area contributed by atoms with Crippen LogP contribution in [0.2, 0.25) is 0 Å². The molecular weight excluding hydrogens is 320 g/mol. The van der Waals surface area contributed by atoms with Crippen LogP contribution in [-0.2, 0) is 6.61 Å². The lowest BCUT2D eigenvalue weighted by Gasteiger charge is -2.27. The Kier molecular flexibility index (Phi) is 4.61. The number of ether oxygens (including phenoxy) is 1. The number of benzene rings is 3. The highest BCUT2D eigenvalue weighted by Gasteiger charge is 2.24. The molecule has 3 aromatic carbocycles. The van der Waals surface area contributed by atoms with E-state index in [0.717, 1.165) is 17.1 Å². The highest BCUT2D eigenvalue weighted by molar-refractivity contribution is 5.52. The molecule has 0 radical (unpaired) electrons. The highest BCUT2D eigenvalue weighted by atomic mass is 16.5. The molecule has 0 saturated carbocycles. The van der Waals surface area contributed by atoms with Crippen LogP contribution in [0.1, 0.15) is 24.1 Å². The van der Waals surface area contributed by atoms with Crippen molar-refractivity contribution in [1.82, 2.24) is 5.43 Å². The molecule has 4 rings (SSSR count). The molecule has 0 aliphatic carbocycles. The van der Waals surface area contributed by atoms with Crippen LogP contribution in [0.4, 0.5) is 5.69 Å². The van der Waals surface area contributed by atoms with Crippen molar-refractivity contribution in [2.24, 2.45) is 0 Å². The Morgan fingerprint density at radius 2 is 1.50 bits per heavy atom. The third kappa shape index (κ3) is 3.57. The summed E-state index contributed by atoms with van der Waals surface area (Å²) in [5.41, 5.74) is 8.15. The number of rotatable bonds is 5. The molecule has 130 valence electrons. The summed E-state index contributed by atoms with van der Waals surface area (Å²) >= 11 is 0. The first-order valence-corrected chi connectivity index (χ1v) is 8.86. The maximum Gasteiger partial charge on any atom is 0.119 e. The van der Waals surface area contributed by atoms with Crippen LogP contribution in [0.5, 0.6) is 5.75 Å². The second kappa shape index (κ2) is 7.36. The minimum Gasteiger partial charge on any atom is -0.489 e.